The summed E-state index contributed by atoms with van der Waals surface area (Å²) in [5.74, 6) is 0. The zero-order valence-corrected chi connectivity index (χ0v) is 14.1. The largest absolute Gasteiger partial charge is 0.367 e. The number of carbonyl (C=O) groups excluding carboxylic acids is 1. The number of hydrogen-bond donors (Lipinski definition) is 1. The molecule has 3 rings (SSSR count). The fourth-order valence-corrected chi connectivity index (χ4v) is 2.96. The van der Waals surface area contributed by atoms with Gasteiger partial charge in [-0.05, 0) is 42.7 Å². The molecule has 1 heterocycles. The minimum absolute atomic E-state index is 0.420. The van der Waals surface area contributed by atoms with Crippen LogP contribution in [-0.4, -0.2) is 36.3 Å². The molecule has 0 bridgehead atoms. The molecule has 1 aliphatic rings. The summed E-state index contributed by atoms with van der Waals surface area (Å²) >= 11 is 0. The minimum atomic E-state index is -0.420. The maximum Gasteiger partial charge on any atom is 0.348 e. The summed E-state index contributed by atoms with van der Waals surface area (Å²) in [5, 5.41) is 10.9. The van der Waals surface area contributed by atoms with E-state index >= 15 is 0 Å². The zero-order chi connectivity index (χ0) is 17.1. The van der Waals surface area contributed by atoms with Crippen LogP contribution < -0.4 is 9.96 Å². The number of urea groups is 1. The SMILES string of the molecule is CCN(C)C(=O)N(O)c1ccc2c(c1)CCN2Cc1ccccc1. The lowest BCUT2D eigenvalue weighted by Gasteiger charge is -2.23. The molecule has 0 saturated heterocycles. The first-order valence-corrected chi connectivity index (χ1v) is 8.26. The highest BCUT2D eigenvalue weighted by atomic mass is 16.5. The minimum Gasteiger partial charge on any atom is -0.367 e. The van der Waals surface area contributed by atoms with E-state index in [9.17, 15) is 10.0 Å². The van der Waals surface area contributed by atoms with Crippen LogP contribution in [0.3, 0.4) is 0 Å². The van der Waals surface area contributed by atoms with Gasteiger partial charge in [0.2, 0.25) is 0 Å². The Morgan fingerprint density at radius 1 is 1.21 bits per heavy atom. The van der Waals surface area contributed by atoms with Crippen molar-refractivity contribution in [3.05, 3.63) is 59.7 Å². The normalized spacial score (nSPS) is 12.9. The average Bonchev–Trinajstić information content (AvgIpc) is 3.02. The number of nitrogens with zero attached hydrogens (tertiary/aromatic N) is 3. The average molecular weight is 325 g/mol. The van der Waals surface area contributed by atoms with E-state index in [0.717, 1.165) is 30.1 Å². The maximum atomic E-state index is 12.1. The molecule has 0 radical (unpaired) electrons. The lowest BCUT2D eigenvalue weighted by Crippen LogP contribution is -2.39. The highest BCUT2D eigenvalue weighted by Gasteiger charge is 2.22. The van der Waals surface area contributed by atoms with Crippen molar-refractivity contribution in [2.45, 2.75) is 19.9 Å². The van der Waals surface area contributed by atoms with Crippen molar-refractivity contribution in [2.24, 2.45) is 0 Å². The summed E-state index contributed by atoms with van der Waals surface area (Å²) < 4.78 is 0. The summed E-state index contributed by atoms with van der Waals surface area (Å²) in [4.78, 5) is 15.9. The summed E-state index contributed by atoms with van der Waals surface area (Å²) in [6.07, 6.45) is 0.918. The van der Waals surface area contributed by atoms with Gasteiger partial charge in [-0.2, -0.15) is 5.06 Å². The maximum absolute atomic E-state index is 12.1. The first-order valence-electron chi connectivity index (χ1n) is 8.26. The van der Waals surface area contributed by atoms with Crippen LogP contribution in [-0.2, 0) is 13.0 Å². The standard InChI is InChI=1S/C19H23N3O2/c1-3-20(2)19(23)22(24)17-9-10-18-16(13-17)11-12-21(18)14-15-7-5-4-6-8-15/h4-10,13,24H,3,11-12,14H2,1-2H3. The molecule has 0 unspecified atom stereocenters. The molecule has 0 atom stereocenters. The number of anilines is 2. The van der Waals surface area contributed by atoms with Gasteiger partial charge in [-0.15, -0.1) is 0 Å². The van der Waals surface area contributed by atoms with Gasteiger partial charge in [0.05, 0.1) is 5.69 Å². The highest BCUT2D eigenvalue weighted by Crippen LogP contribution is 2.32. The Morgan fingerprint density at radius 3 is 2.67 bits per heavy atom. The van der Waals surface area contributed by atoms with Gasteiger partial charge >= 0.3 is 6.03 Å². The van der Waals surface area contributed by atoms with Gasteiger partial charge < -0.3 is 9.80 Å². The fraction of sp³-hybridized carbons (Fsp3) is 0.316. The molecule has 5 nitrogen and oxygen atoms in total. The number of amides is 2. The van der Waals surface area contributed by atoms with Gasteiger partial charge in [0.15, 0.2) is 0 Å². The van der Waals surface area contributed by atoms with Crippen LogP contribution in [0.5, 0.6) is 0 Å². The summed E-state index contributed by atoms with van der Waals surface area (Å²) in [6.45, 7) is 4.23. The third-order valence-electron chi connectivity index (χ3n) is 4.50. The number of carbonyl (C=O) groups is 1. The molecule has 0 spiro atoms. The lowest BCUT2D eigenvalue weighted by molar-refractivity contribution is 0.177. The van der Waals surface area contributed by atoms with Crippen LogP contribution in [0.4, 0.5) is 16.2 Å². The first kappa shape index (κ1) is 16.3. The van der Waals surface area contributed by atoms with E-state index in [1.54, 1.807) is 13.1 Å². The Morgan fingerprint density at radius 2 is 1.96 bits per heavy atom. The summed E-state index contributed by atoms with van der Waals surface area (Å²) in [6, 6.07) is 15.6. The van der Waals surface area contributed by atoms with E-state index in [2.05, 4.69) is 29.2 Å². The van der Waals surface area contributed by atoms with Gasteiger partial charge in [-0.3, -0.25) is 5.21 Å². The van der Waals surface area contributed by atoms with Crippen molar-refractivity contribution in [3.8, 4) is 0 Å². The second kappa shape index (κ2) is 6.93. The van der Waals surface area contributed by atoms with Crippen LogP contribution in [0.1, 0.15) is 18.1 Å². The van der Waals surface area contributed by atoms with Gasteiger partial charge in [0, 0.05) is 32.4 Å². The molecular weight excluding hydrogens is 302 g/mol. The predicted molar refractivity (Wildman–Crippen MR) is 95.6 cm³/mol. The summed E-state index contributed by atoms with van der Waals surface area (Å²) in [5.41, 5.74) is 4.13. The molecular formula is C19H23N3O2. The quantitative estimate of drug-likeness (QED) is 0.691. The predicted octanol–water partition coefficient (Wildman–Crippen LogP) is 3.52. The van der Waals surface area contributed by atoms with Crippen molar-refractivity contribution in [2.75, 3.05) is 30.1 Å². The van der Waals surface area contributed by atoms with E-state index in [4.69, 9.17) is 0 Å². The molecule has 1 N–H and O–H groups in total. The number of hydrogen-bond acceptors (Lipinski definition) is 3. The molecule has 5 heteroatoms. The van der Waals surface area contributed by atoms with E-state index in [-0.39, 0.29) is 0 Å². The molecule has 126 valence electrons. The van der Waals surface area contributed by atoms with Crippen LogP contribution in [0.15, 0.2) is 48.5 Å². The van der Waals surface area contributed by atoms with Crippen LogP contribution >= 0.6 is 0 Å². The number of fused-ring (bicyclic) bond motifs is 1. The Labute approximate surface area is 142 Å². The van der Waals surface area contributed by atoms with E-state index < -0.39 is 6.03 Å². The van der Waals surface area contributed by atoms with E-state index in [1.165, 1.54) is 16.2 Å². The topological polar surface area (TPSA) is 47.0 Å². The van der Waals surface area contributed by atoms with Crippen LogP contribution in [0, 0.1) is 0 Å². The summed E-state index contributed by atoms with van der Waals surface area (Å²) in [7, 11) is 1.67. The van der Waals surface area contributed by atoms with Crippen molar-refractivity contribution in [1.82, 2.24) is 4.90 Å². The van der Waals surface area contributed by atoms with Crippen molar-refractivity contribution < 1.29 is 10.0 Å². The highest BCUT2D eigenvalue weighted by molar-refractivity contribution is 5.90. The molecule has 2 aromatic carbocycles. The molecule has 0 fully saturated rings. The molecule has 0 aliphatic carbocycles. The molecule has 2 amide bonds. The van der Waals surface area contributed by atoms with Gasteiger partial charge in [0.25, 0.3) is 0 Å². The van der Waals surface area contributed by atoms with Gasteiger partial charge in [-0.25, -0.2) is 4.79 Å². The Hall–Kier alpha value is -2.53. The van der Waals surface area contributed by atoms with Crippen molar-refractivity contribution in [1.29, 1.82) is 0 Å². The van der Waals surface area contributed by atoms with E-state index in [1.807, 2.05) is 25.1 Å². The Balaban J connectivity index is 1.77. The number of hydroxylamine groups is 1. The van der Waals surface area contributed by atoms with Crippen LogP contribution in [0.25, 0.3) is 0 Å². The molecule has 2 aromatic rings. The number of benzene rings is 2. The zero-order valence-electron chi connectivity index (χ0n) is 14.1. The second-order valence-corrected chi connectivity index (χ2v) is 6.08. The Bertz CT molecular complexity index is 718. The molecule has 1 aliphatic heterocycles. The first-order chi connectivity index (χ1) is 11.6. The Kier molecular flexibility index (Phi) is 4.71. The molecule has 0 aromatic heterocycles. The third kappa shape index (κ3) is 3.21. The third-order valence-corrected chi connectivity index (χ3v) is 4.50. The van der Waals surface area contributed by atoms with Crippen LogP contribution in [0.2, 0.25) is 0 Å². The van der Waals surface area contributed by atoms with Gasteiger partial charge in [-0.1, -0.05) is 30.3 Å². The molecule has 0 saturated carbocycles. The fourth-order valence-electron chi connectivity index (χ4n) is 2.96. The van der Waals surface area contributed by atoms with Crippen molar-refractivity contribution in [3.63, 3.8) is 0 Å². The lowest BCUT2D eigenvalue weighted by atomic mass is 10.1. The number of rotatable bonds is 4. The second-order valence-electron chi connectivity index (χ2n) is 6.08. The molecule has 24 heavy (non-hydrogen) atoms. The smallest absolute Gasteiger partial charge is 0.348 e. The van der Waals surface area contributed by atoms with E-state index in [0.29, 0.717) is 12.2 Å². The van der Waals surface area contributed by atoms with Crippen molar-refractivity contribution >= 4 is 17.4 Å². The monoisotopic (exact) mass is 325 g/mol. The van der Waals surface area contributed by atoms with Gasteiger partial charge in [0.1, 0.15) is 0 Å².